The molecule has 8 nitrogen and oxygen atoms in total. The molecule has 0 aliphatic heterocycles. The maximum Gasteiger partial charge on any atom is 0.242 e. The quantitative estimate of drug-likeness (QED) is 0.122. The first-order valence-electron chi connectivity index (χ1n) is 12.2. The normalized spacial score (nSPS) is 11.1. The second-order valence-corrected chi connectivity index (χ2v) is 8.74. The molecule has 3 aromatic carbocycles. The summed E-state index contributed by atoms with van der Waals surface area (Å²) >= 11 is 0. The Morgan fingerprint density at radius 2 is 1.37 bits per heavy atom. The molecule has 0 radical (unpaired) electrons. The molecule has 0 saturated heterocycles. The number of nitrogens with zero attached hydrogens (tertiary/aromatic N) is 1. The average molecular weight is 536 g/mol. The highest BCUT2D eigenvalue weighted by molar-refractivity contribution is 5.94. The van der Waals surface area contributed by atoms with Crippen LogP contribution in [0.2, 0.25) is 0 Å². The van der Waals surface area contributed by atoms with Gasteiger partial charge in [-0.3, -0.25) is 19.4 Å². The number of benzene rings is 3. The van der Waals surface area contributed by atoms with Gasteiger partial charge in [0.2, 0.25) is 11.8 Å². The summed E-state index contributed by atoms with van der Waals surface area (Å²) in [6, 6.07) is 25.2. The van der Waals surface area contributed by atoms with E-state index in [1.54, 1.807) is 24.3 Å². The number of amides is 2. The third-order valence-electron chi connectivity index (χ3n) is 5.93. The van der Waals surface area contributed by atoms with Crippen LogP contribution in [0, 0.1) is 0 Å². The maximum absolute atomic E-state index is 13.6. The Morgan fingerprint density at radius 1 is 0.816 bits per heavy atom. The fourth-order valence-electron chi connectivity index (χ4n) is 3.98. The predicted octanol–water partition coefficient (Wildman–Crippen LogP) is 3.30. The number of aliphatic imine (C=N–C) groups is 1. The number of ketones is 1. The van der Waals surface area contributed by atoms with E-state index in [9.17, 15) is 14.4 Å². The van der Waals surface area contributed by atoms with Crippen molar-refractivity contribution in [3.05, 3.63) is 107 Å². The zero-order valence-electron chi connectivity index (χ0n) is 21.3. The monoisotopic (exact) mass is 535 g/mol. The molecule has 0 saturated carbocycles. The Kier molecular flexibility index (Phi) is 12.0. The molecular weight excluding hydrogens is 502 g/mol. The van der Waals surface area contributed by atoms with E-state index in [2.05, 4.69) is 15.6 Å². The molecule has 2 amide bonds. The summed E-state index contributed by atoms with van der Waals surface area (Å²) in [7, 11) is 0. The number of hydrogen-bond acceptors (Lipinski definition) is 4. The zero-order valence-corrected chi connectivity index (χ0v) is 22.1. The number of guanidine groups is 1. The Hall–Kier alpha value is -4.17. The molecule has 200 valence electrons. The van der Waals surface area contributed by atoms with Gasteiger partial charge in [0.15, 0.2) is 11.7 Å². The van der Waals surface area contributed by atoms with Gasteiger partial charge in [0, 0.05) is 18.7 Å². The fourth-order valence-corrected chi connectivity index (χ4v) is 3.98. The third-order valence-corrected chi connectivity index (χ3v) is 5.93. The lowest BCUT2D eigenvalue weighted by molar-refractivity contribution is -0.129. The lowest BCUT2D eigenvalue weighted by Crippen LogP contribution is -2.48. The Bertz CT molecular complexity index is 1170. The number of carbonyl (C=O) groups excluding carboxylic acids is 3. The van der Waals surface area contributed by atoms with Crippen LogP contribution in [0.4, 0.5) is 0 Å². The second-order valence-electron chi connectivity index (χ2n) is 8.74. The summed E-state index contributed by atoms with van der Waals surface area (Å²) in [5, 5.41) is 5.85. The first-order chi connectivity index (χ1) is 17.8. The number of nitrogens with one attached hydrogen (secondary N) is 2. The molecule has 0 fully saturated rings. The molecule has 0 aliphatic carbocycles. The van der Waals surface area contributed by atoms with Crippen LogP contribution >= 0.6 is 12.4 Å². The van der Waals surface area contributed by atoms with Crippen LogP contribution in [0.1, 0.15) is 52.7 Å². The van der Waals surface area contributed by atoms with Crippen molar-refractivity contribution in [2.24, 2.45) is 16.5 Å². The molecule has 9 heteroatoms. The van der Waals surface area contributed by atoms with Gasteiger partial charge >= 0.3 is 0 Å². The van der Waals surface area contributed by atoms with Gasteiger partial charge in [-0.15, -0.1) is 12.4 Å². The number of carbonyl (C=O) groups is 3. The summed E-state index contributed by atoms with van der Waals surface area (Å²) in [5.41, 5.74) is 13.9. The number of hydrogen-bond donors (Lipinski definition) is 4. The highest BCUT2D eigenvalue weighted by Gasteiger charge is 2.27. The first kappa shape index (κ1) is 30.1. The zero-order chi connectivity index (χ0) is 26.6. The molecule has 1 atom stereocenters. The molecule has 0 aromatic heterocycles. The summed E-state index contributed by atoms with van der Waals surface area (Å²) in [6.07, 6.45) is 0.860. The molecule has 0 bridgehead atoms. The molecule has 0 aliphatic rings. The van der Waals surface area contributed by atoms with E-state index in [1.807, 2.05) is 60.7 Å². The van der Waals surface area contributed by atoms with E-state index in [4.69, 9.17) is 11.5 Å². The average Bonchev–Trinajstić information content (AvgIpc) is 2.90. The first-order valence-corrected chi connectivity index (χ1v) is 12.2. The Balaban J connectivity index is 0.00000507. The van der Waals surface area contributed by atoms with Crippen molar-refractivity contribution >= 4 is 36.0 Å². The molecule has 6 N–H and O–H groups in total. The van der Waals surface area contributed by atoms with Gasteiger partial charge in [-0.2, -0.15) is 0 Å². The van der Waals surface area contributed by atoms with E-state index in [0.717, 1.165) is 16.7 Å². The largest absolute Gasteiger partial charge is 0.370 e. The van der Waals surface area contributed by atoms with Crippen molar-refractivity contribution in [2.75, 3.05) is 6.54 Å². The molecule has 0 spiro atoms. The maximum atomic E-state index is 13.6. The van der Waals surface area contributed by atoms with E-state index in [1.165, 1.54) is 6.92 Å². The number of Topliss-reactive ketones (excluding diaryl/α,β-unsaturated/α-hetero) is 1. The number of nitrogens with two attached hydrogens (primary N) is 2. The van der Waals surface area contributed by atoms with Crippen LogP contribution < -0.4 is 22.1 Å². The topological polar surface area (TPSA) is 140 Å². The van der Waals surface area contributed by atoms with Crippen LogP contribution in [-0.4, -0.2) is 36.1 Å². The van der Waals surface area contributed by atoms with Crippen molar-refractivity contribution in [1.82, 2.24) is 10.6 Å². The number of rotatable bonds is 12. The molecule has 38 heavy (non-hydrogen) atoms. The van der Waals surface area contributed by atoms with Crippen LogP contribution in [0.5, 0.6) is 0 Å². The van der Waals surface area contributed by atoms with E-state index in [-0.39, 0.29) is 42.5 Å². The van der Waals surface area contributed by atoms with Crippen molar-refractivity contribution in [3.63, 3.8) is 0 Å². The van der Waals surface area contributed by atoms with Gasteiger partial charge in [-0.1, -0.05) is 84.9 Å². The van der Waals surface area contributed by atoms with Gasteiger partial charge in [0.05, 0.1) is 5.92 Å². The Labute approximate surface area is 229 Å². The minimum Gasteiger partial charge on any atom is -0.370 e. The van der Waals surface area contributed by atoms with Crippen molar-refractivity contribution in [2.45, 2.75) is 38.3 Å². The van der Waals surface area contributed by atoms with E-state index >= 15 is 0 Å². The summed E-state index contributed by atoms with van der Waals surface area (Å²) in [5.74, 6) is -1.20. The Morgan fingerprint density at radius 3 is 1.87 bits per heavy atom. The van der Waals surface area contributed by atoms with Gasteiger partial charge in [0.1, 0.15) is 6.04 Å². The van der Waals surface area contributed by atoms with Crippen molar-refractivity contribution < 1.29 is 14.4 Å². The van der Waals surface area contributed by atoms with E-state index in [0.29, 0.717) is 24.9 Å². The van der Waals surface area contributed by atoms with Crippen LogP contribution in [0.15, 0.2) is 89.9 Å². The van der Waals surface area contributed by atoms with Gasteiger partial charge in [-0.05, 0) is 36.5 Å². The van der Waals surface area contributed by atoms with Crippen molar-refractivity contribution in [1.29, 1.82) is 0 Å². The van der Waals surface area contributed by atoms with Crippen LogP contribution in [-0.2, 0) is 16.1 Å². The smallest absolute Gasteiger partial charge is 0.242 e. The second kappa shape index (κ2) is 15.2. The predicted molar refractivity (Wildman–Crippen MR) is 152 cm³/mol. The lowest BCUT2D eigenvalue weighted by Gasteiger charge is -2.23. The highest BCUT2D eigenvalue weighted by atomic mass is 35.5. The van der Waals surface area contributed by atoms with Gasteiger partial charge < -0.3 is 22.1 Å². The molecule has 0 heterocycles. The lowest BCUT2D eigenvalue weighted by atomic mass is 9.90. The van der Waals surface area contributed by atoms with Crippen LogP contribution in [0.25, 0.3) is 0 Å². The summed E-state index contributed by atoms with van der Waals surface area (Å²) in [6.45, 7) is 2.11. The molecular formula is C29H34ClN5O3. The standard InChI is InChI=1S/C29H33N5O3.ClH/c1-20(35)22-16-14-21(15-17-22)19-33-27(36)25(13-8-18-32-29(30)31)34-28(37)26(23-9-4-2-5-10-23)24-11-6-3-7-12-24;/h2-7,9-12,14-17,25-26H,8,13,18-19H2,1H3,(H,33,36)(H,34,37)(H4,30,31,32);1H/t25-;/m1./s1. The van der Waals surface area contributed by atoms with Crippen molar-refractivity contribution in [3.8, 4) is 0 Å². The minimum atomic E-state index is -0.784. The number of halogens is 1. The highest BCUT2D eigenvalue weighted by Crippen LogP contribution is 2.25. The molecule has 3 aromatic rings. The molecule has 3 rings (SSSR count). The fraction of sp³-hybridized carbons (Fsp3) is 0.241. The minimum absolute atomic E-state index is 0. The summed E-state index contributed by atoms with van der Waals surface area (Å²) in [4.78, 5) is 42.3. The van der Waals surface area contributed by atoms with Gasteiger partial charge in [0.25, 0.3) is 0 Å². The van der Waals surface area contributed by atoms with Crippen LogP contribution in [0.3, 0.4) is 0 Å². The molecule has 0 unspecified atom stereocenters. The van der Waals surface area contributed by atoms with E-state index < -0.39 is 12.0 Å². The summed E-state index contributed by atoms with van der Waals surface area (Å²) < 4.78 is 0. The third kappa shape index (κ3) is 9.05. The van der Waals surface area contributed by atoms with Gasteiger partial charge in [-0.25, -0.2) is 0 Å². The SMILES string of the molecule is CC(=O)c1ccc(CNC(=O)[C@@H](CCCN=C(N)N)NC(=O)C(c2ccccc2)c2ccccc2)cc1.Cl.